The number of nitrogens with zero attached hydrogens (tertiary/aromatic N) is 2. The summed E-state index contributed by atoms with van der Waals surface area (Å²) in [4.78, 5) is 15.5. The van der Waals surface area contributed by atoms with E-state index in [1.807, 2.05) is 78.6 Å². The molecule has 2 aliphatic heterocycles. The van der Waals surface area contributed by atoms with Gasteiger partial charge in [-0.05, 0) is 54.4 Å². The van der Waals surface area contributed by atoms with Gasteiger partial charge >= 0.3 is 0 Å². The molecule has 6 rings (SSSR count). The fourth-order valence-electron chi connectivity index (χ4n) is 4.71. The second kappa shape index (κ2) is 8.67. The lowest BCUT2D eigenvalue weighted by atomic mass is 9.95. The van der Waals surface area contributed by atoms with Gasteiger partial charge in [0.1, 0.15) is 11.4 Å². The summed E-state index contributed by atoms with van der Waals surface area (Å²) in [5.74, 6) is 2.04. The maximum Gasteiger partial charge on any atom is 0.273 e. The summed E-state index contributed by atoms with van der Waals surface area (Å²) in [5.41, 5.74) is 4.83. The zero-order valence-corrected chi connectivity index (χ0v) is 19.7. The van der Waals surface area contributed by atoms with Crippen molar-refractivity contribution in [2.24, 2.45) is 0 Å². The van der Waals surface area contributed by atoms with Gasteiger partial charge in [0, 0.05) is 22.7 Å². The van der Waals surface area contributed by atoms with E-state index in [1.54, 1.807) is 0 Å². The Balaban J connectivity index is 1.45. The van der Waals surface area contributed by atoms with Crippen molar-refractivity contribution < 1.29 is 19.0 Å². The maximum atomic E-state index is 13.7. The Hall–Kier alpha value is -3.97. The van der Waals surface area contributed by atoms with E-state index in [9.17, 15) is 4.79 Å². The lowest BCUT2D eigenvalue weighted by molar-refractivity contribution is 0.0729. The molecule has 0 aliphatic carbocycles. The van der Waals surface area contributed by atoms with Crippen LogP contribution in [-0.4, -0.2) is 34.4 Å². The second-order valence-electron chi connectivity index (χ2n) is 8.40. The minimum absolute atomic E-state index is 0.114. The molecule has 1 aromatic heterocycles. The quantitative estimate of drug-likeness (QED) is 0.383. The number of hydrogen-bond donors (Lipinski definition) is 1. The molecule has 1 unspecified atom stereocenters. The predicted molar refractivity (Wildman–Crippen MR) is 131 cm³/mol. The van der Waals surface area contributed by atoms with Gasteiger partial charge in [0.2, 0.25) is 6.79 Å². The van der Waals surface area contributed by atoms with Gasteiger partial charge in [-0.1, -0.05) is 41.9 Å². The summed E-state index contributed by atoms with van der Waals surface area (Å²) in [6, 6.07) is 20.8. The Labute approximate surface area is 207 Å². The summed E-state index contributed by atoms with van der Waals surface area (Å²) in [7, 11) is 0. The number of carbonyl (C=O) groups excluding carboxylic acids is 1. The van der Waals surface area contributed by atoms with Crippen LogP contribution < -0.4 is 14.2 Å². The van der Waals surface area contributed by atoms with Gasteiger partial charge in [-0.2, -0.15) is 5.10 Å². The van der Waals surface area contributed by atoms with Crippen LogP contribution in [0.15, 0.2) is 66.7 Å². The number of hydrogen-bond acceptors (Lipinski definition) is 5. The van der Waals surface area contributed by atoms with Crippen molar-refractivity contribution in [1.29, 1.82) is 0 Å². The molecule has 8 heteroatoms. The molecule has 0 spiro atoms. The zero-order chi connectivity index (χ0) is 23.9. The second-order valence-corrected chi connectivity index (χ2v) is 8.83. The highest BCUT2D eigenvalue weighted by molar-refractivity contribution is 6.30. The molecule has 3 aromatic carbocycles. The molecule has 1 amide bonds. The number of aromatic nitrogens is 2. The van der Waals surface area contributed by atoms with Gasteiger partial charge in [-0.3, -0.25) is 9.89 Å². The highest BCUT2D eigenvalue weighted by atomic mass is 35.5. The smallest absolute Gasteiger partial charge is 0.273 e. The molecule has 2 aliphatic rings. The van der Waals surface area contributed by atoms with Crippen molar-refractivity contribution in [1.82, 2.24) is 15.1 Å². The van der Waals surface area contributed by atoms with Crippen molar-refractivity contribution in [3.8, 4) is 28.5 Å². The number of fused-ring (bicyclic) bond motifs is 2. The molecule has 0 bridgehead atoms. The van der Waals surface area contributed by atoms with Gasteiger partial charge in [0.05, 0.1) is 18.3 Å². The number of carbonyl (C=O) groups is 1. The molecule has 176 valence electrons. The Morgan fingerprint density at radius 3 is 2.74 bits per heavy atom. The third kappa shape index (κ3) is 3.78. The van der Waals surface area contributed by atoms with Crippen molar-refractivity contribution in [2.45, 2.75) is 19.5 Å². The largest absolute Gasteiger partial charge is 0.494 e. The fourth-order valence-corrected chi connectivity index (χ4v) is 4.84. The SMILES string of the molecule is CCOc1cccc(C2c3c(-c4ccc(Cl)cc4)n[nH]c3C(=O)N2Cc2ccc3c(c2)OCO3)c1. The standard InChI is InChI=1S/C27H22ClN3O4/c1-2-33-20-5-3-4-18(13-20)26-23-24(17-7-9-19(28)10-8-17)29-30-25(23)27(32)31(26)14-16-6-11-21-22(12-16)35-15-34-21/h3-13,26H,2,14-15H2,1H3,(H,29,30). The first kappa shape index (κ1) is 21.6. The summed E-state index contributed by atoms with van der Waals surface area (Å²) >= 11 is 6.12. The normalized spacial score (nSPS) is 16.0. The summed E-state index contributed by atoms with van der Waals surface area (Å²) in [5, 5.41) is 8.17. The fraction of sp³-hybridized carbons (Fsp3) is 0.185. The first-order valence-electron chi connectivity index (χ1n) is 11.4. The number of rotatable bonds is 6. The van der Waals surface area contributed by atoms with E-state index in [0.717, 1.165) is 33.7 Å². The number of amides is 1. The molecule has 0 saturated carbocycles. The lowest BCUT2D eigenvalue weighted by Gasteiger charge is -2.27. The molecular formula is C27H22ClN3O4. The average Bonchev–Trinajstić information content (AvgIpc) is 3.57. The summed E-state index contributed by atoms with van der Waals surface area (Å²) < 4.78 is 16.8. The van der Waals surface area contributed by atoms with E-state index in [2.05, 4.69) is 10.2 Å². The molecule has 1 N–H and O–H groups in total. The van der Waals surface area contributed by atoms with Crippen molar-refractivity contribution >= 4 is 17.5 Å². The third-order valence-corrected chi connectivity index (χ3v) is 6.51. The van der Waals surface area contributed by atoms with Crippen LogP contribution in [0.25, 0.3) is 11.3 Å². The Morgan fingerprint density at radius 2 is 1.91 bits per heavy atom. The Bertz CT molecular complexity index is 1420. The van der Waals surface area contributed by atoms with Crippen LogP contribution in [0.4, 0.5) is 0 Å². The van der Waals surface area contributed by atoms with E-state index >= 15 is 0 Å². The highest BCUT2D eigenvalue weighted by Crippen LogP contribution is 2.44. The van der Waals surface area contributed by atoms with E-state index in [1.165, 1.54) is 0 Å². The number of nitrogens with one attached hydrogen (secondary N) is 1. The molecule has 4 aromatic rings. The minimum atomic E-state index is -0.354. The van der Waals surface area contributed by atoms with E-state index in [0.29, 0.717) is 35.4 Å². The van der Waals surface area contributed by atoms with E-state index < -0.39 is 0 Å². The highest BCUT2D eigenvalue weighted by Gasteiger charge is 2.42. The van der Waals surface area contributed by atoms with Crippen LogP contribution in [-0.2, 0) is 6.54 Å². The van der Waals surface area contributed by atoms with Gasteiger partial charge in [0.25, 0.3) is 5.91 Å². The van der Waals surface area contributed by atoms with Crippen molar-refractivity contribution in [3.05, 3.63) is 94.1 Å². The van der Waals surface area contributed by atoms with Crippen LogP contribution in [0.2, 0.25) is 5.02 Å². The van der Waals surface area contributed by atoms with E-state index in [4.69, 9.17) is 25.8 Å². The third-order valence-electron chi connectivity index (χ3n) is 6.26. The number of ether oxygens (including phenoxy) is 3. The number of H-pyrrole nitrogens is 1. The molecule has 35 heavy (non-hydrogen) atoms. The van der Waals surface area contributed by atoms with Crippen LogP contribution >= 0.6 is 11.6 Å². The monoisotopic (exact) mass is 487 g/mol. The Morgan fingerprint density at radius 1 is 1.09 bits per heavy atom. The van der Waals surface area contributed by atoms with E-state index in [-0.39, 0.29) is 18.7 Å². The Kier molecular flexibility index (Phi) is 5.34. The van der Waals surface area contributed by atoms with Crippen LogP contribution in [0.3, 0.4) is 0 Å². The molecule has 1 atom stereocenters. The maximum absolute atomic E-state index is 13.7. The molecule has 3 heterocycles. The van der Waals surface area contributed by atoms with Crippen LogP contribution in [0.5, 0.6) is 17.2 Å². The molecule has 0 fully saturated rings. The molecule has 7 nitrogen and oxygen atoms in total. The van der Waals surface area contributed by atoms with Crippen molar-refractivity contribution in [2.75, 3.05) is 13.4 Å². The van der Waals surface area contributed by atoms with Gasteiger partial charge in [-0.25, -0.2) is 0 Å². The average molecular weight is 488 g/mol. The van der Waals surface area contributed by atoms with Crippen molar-refractivity contribution in [3.63, 3.8) is 0 Å². The topological polar surface area (TPSA) is 76.7 Å². The predicted octanol–water partition coefficient (Wildman–Crippen LogP) is 5.60. The first-order valence-corrected chi connectivity index (χ1v) is 11.8. The summed E-state index contributed by atoms with van der Waals surface area (Å²) in [6.45, 7) is 3.10. The van der Waals surface area contributed by atoms with Crippen LogP contribution in [0, 0.1) is 0 Å². The van der Waals surface area contributed by atoms with Gasteiger partial charge in [-0.15, -0.1) is 0 Å². The molecule has 0 radical (unpaired) electrons. The minimum Gasteiger partial charge on any atom is -0.494 e. The van der Waals surface area contributed by atoms with Crippen LogP contribution in [0.1, 0.15) is 40.1 Å². The number of aromatic amines is 1. The van der Waals surface area contributed by atoms with Gasteiger partial charge in [0.15, 0.2) is 11.5 Å². The number of benzene rings is 3. The molecule has 0 saturated heterocycles. The molecular weight excluding hydrogens is 466 g/mol. The summed E-state index contributed by atoms with van der Waals surface area (Å²) in [6.07, 6.45) is 0. The van der Waals surface area contributed by atoms with Gasteiger partial charge < -0.3 is 19.1 Å². The first-order chi connectivity index (χ1) is 17.1. The number of halogens is 1. The lowest BCUT2D eigenvalue weighted by Crippen LogP contribution is -2.29. The zero-order valence-electron chi connectivity index (χ0n) is 19.0.